The Kier molecular flexibility index (Phi) is 4.51. The van der Waals surface area contributed by atoms with Crippen LogP contribution in [0.1, 0.15) is 29.8 Å². The van der Waals surface area contributed by atoms with Crippen LogP contribution in [-0.2, 0) is 6.42 Å². The van der Waals surface area contributed by atoms with E-state index >= 15 is 0 Å². The summed E-state index contributed by atoms with van der Waals surface area (Å²) in [7, 11) is 3.91. The maximum Gasteiger partial charge on any atom is 0.125 e. The van der Waals surface area contributed by atoms with E-state index in [0.717, 1.165) is 57.5 Å². The van der Waals surface area contributed by atoms with Crippen molar-refractivity contribution >= 4 is 17.0 Å². The number of aromatic nitrogens is 3. The lowest BCUT2D eigenvalue weighted by Crippen LogP contribution is -2.18. The zero-order chi connectivity index (χ0) is 18.1. The molecule has 0 aromatic carbocycles. The second-order valence-corrected chi connectivity index (χ2v) is 7.63. The highest BCUT2D eigenvalue weighted by atomic mass is 32.1. The molecule has 5 nitrogen and oxygen atoms in total. The number of hydrazone groups is 1. The molecule has 0 amide bonds. The second-order valence-electron chi connectivity index (χ2n) is 6.63. The van der Waals surface area contributed by atoms with Gasteiger partial charge < -0.3 is 5.01 Å². The Hall–Kier alpha value is -2.60. The van der Waals surface area contributed by atoms with Crippen molar-refractivity contribution in [3.05, 3.63) is 53.6 Å². The van der Waals surface area contributed by atoms with Gasteiger partial charge in [-0.15, -0.1) is 11.3 Å². The Bertz CT molecular complexity index is 960. The quantitative estimate of drug-likeness (QED) is 0.655. The minimum atomic E-state index is 0.974. The third kappa shape index (κ3) is 3.24. The van der Waals surface area contributed by atoms with Crippen molar-refractivity contribution in [2.24, 2.45) is 5.10 Å². The van der Waals surface area contributed by atoms with Gasteiger partial charge in [-0.1, -0.05) is 6.07 Å². The molecule has 0 radical (unpaired) electrons. The lowest BCUT2D eigenvalue weighted by Gasteiger charge is -2.19. The average Bonchev–Trinajstić information content (AvgIpc) is 3.04. The summed E-state index contributed by atoms with van der Waals surface area (Å²) in [5.41, 5.74) is 6.42. The number of pyridine rings is 2. The SMILES string of the molecule is Cc1nc(-c2cccnc2)sc1-c1ccc2c(n1)/C(=N/N(C)C)CCC2. The van der Waals surface area contributed by atoms with Crippen LogP contribution in [0, 0.1) is 6.92 Å². The van der Waals surface area contributed by atoms with Crippen LogP contribution in [0.15, 0.2) is 41.8 Å². The first-order valence-corrected chi connectivity index (χ1v) is 9.57. The van der Waals surface area contributed by atoms with Crippen LogP contribution >= 0.6 is 11.3 Å². The third-order valence-electron chi connectivity index (χ3n) is 4.37. The number of rotatable bonds is 3. The van der Waals surface area contributed by atoms with Gasteiger partial charge in [-0.05, 0) is 49.9 Å². The van der Waals surface area contributed by atoms with E-state index in [1.54, 1.807) is 17.5 Å². The number of fused-ring (bicyclic) bond motifs is 1. The summed E-state index contributed by atoms with van der Waals surface area (Å²) in [6.45, 7) is 2.04. The molecule has 0 saturated carbocycles. The Morgan fingerprint density at radius 3 is 2.77 bits per heavy atom. The largest absolute Gasteiger partial charge is 0.303 e. The highest BCUT2D eigenvalue weighted by molar-refractivity contribution is 7.18. The molecule has 3 aromatic rings. The van der Waals surface area contributed by atoms with Crippen LogP contribution in [0.25, 0.3) is 21.1 Å². The summed E-state index contributed by atoms with van der Waals surface area (Å²) in [6, 6.07) is 8.29. The number of aryl methyl sites for hydroxylation is 2. The predicted molar refractivity (Wildman–Crippen MR) is 106 cm³/mol. The third-order valence-corrected chi connectivity index (χ3v) is 5.60. The molecule has 0 saturated heterocycles. The first kappa shape index (κ1) is 16.8. The summed E-state index contributed by atoms with van der Waals surface area (Å²) < 4.78 is 0. The molecule has 0 bridgehead atoms. The number of hydrogen-bond acceptors (Lipinski definition) is 6. The predicted octanol–water partition coefficient (Wildman–Crippen LogP) is 4.18. The molecule has 0 spiro atoms. The average molecular weight is 363 g/mol. The minimum Gasteiger partial charge on any atom is -0.303 e. The van der Waals surface area contributed by atoms with Crippen LogP contribution in [0.2, 0.25) is 0 Å². The van der Waals surface area contributed by atoms with Gasteiger partial charge in [0.1, 0.15) is 5.01 Å². The zero-order valence-corrected chi connectivity index (χ0v) is 16.0. The smallest absolute Gasteiger partial charge is 0.125 e. The second kappa shape index (κ2) is 6.96. The molecule has 1 aliphatic rings. The molecule has 132 valence electrons. The first-order valence-electron chi connectivity index (χ1n) is 8.75. The van der Waals surface area contributed by atoms with Crippen molar-refractivity contribution in [3.8, 4) is 21.1 Å². The zero-order valence-electron chi connectivity index (χ0n) is 15.2. The fourth-order valence-electron chi connectivity index (χ4n) is 3.22. The van der Waals surface area contributed by atoms with Gasteiger partial charge in [0.2, 0.25) is 0 Å². The van der Waals surface area contributed by atoms with Gasteiger partial charge in [-0.3, -0.25) is 4.98 Å². The monoisotopic (exact) mass is 363 g/mol. The van der Waals surface area contributed by atoms with Crippen LogP contribution in [-0.4, -0.2) is 39.8 Å². The first-order chi connectivity index (χ1) is 12.6. The van der Waals surface area contributed by atoms with E-state index in [-0.39, 0.29) is 0 Å². The van der Waals surface area contributed by atoms with Crippen LogP contribution < -0.4 is 0 Å². The molecule has 0 unspecified atom stereocenters. The minimum absolute atomic E-state index is 0.974. The molecule has 3 heterocycles. The molecule has 0 fully saturated rings. The molecule has 0 aliphatic heterocycles. The molecular weight excluding hydrogens is 342 g/mol. The molecule has 6 heteroatoms. The van der Waals surface area contributed by atoms with E-state index in [9.17, 15) is 0 Å². The maximum atomic E-state index is 4.98. The molecule has 3 aromatic heterocycles. The van der Waals surface area contributed by atoms with Crippen molar-refractivity contribution < 1.29 is 0 Å². The van der Waals surface area contributed by atoms with Crippen LogP contribution in [0.5, 0.6) is 0 Å². The Morgan fingerprint density at radius 2 is 2.00 bits per heavy atom. The summed E-state index contributed by atoms with van der Waals surface area (Å²) in [5, 5.41) is 7.49. The van der Waals surface area contributed by atoms with E-state index < -0.39 is 0 Å². The van der Waals surface area contributed by atoms with Crippen molar-refractivity contribution in [1.82, 2.24) is 20.0 Å². The van der Waals surface area contributed by atoms with E-state index in [0.29, 0.717) is 0 Å². The number of hydrogen-bond donors (Lipinski definition) is 0. The molecule has 26 heavy (non-hydrogen) atoms. The number of thiazole rings is 1. The molecule has 0 N–H and O–H groups in total. The maximum absolute atomic E-state index is 4.98. The van der Waals surface area contributed by atoms with E-state index in [4.69, 9.17) is 9.97 Å². The van der Waals surface area contributed by atoms with Gasteiger partial charge in [-0.2, -0.15) is 5.10 Å². The van der Waals surface area contributed by atoms with Crippen molar-refractivity contribution in [2.45, 2.75) is 26.2 Å². The summed E-state index contributed by atoms with van der Waals surface area (Å²) in [4.78, 5) is 15.0. The van der Waals surface area contributed by atoms with E-state index in [1.165, 1.54) is 5.56 Å². The fraction of sp³-hybridized carbons (Fsp3) is 0.300. The lowest BCUT2D eigenvalue weighted by molar-refractivity contribution is 0.435. The van der Waals surface area contributed by atoms with Gasteiger partial charge in [0, 0.05) is 32.1 Å². The van der Waals surface area contributed by atoms with Crippen molar-refractivity contribution in [2.75, 3.05) is 14.1 Å². The topological polar surface area (TPSA) is 54.3 Å². The van der Waals surface area contributed by atoms with Gasteiger partial charge >= 0.3 is 0 Å². The Balaban J connectivity index is 1.77. The molecular formula is C20H21N5S. The normalized spacial score (nSPS) is 15.1. The number of nitrogens with zero attached hydrogens (tertiary/aromatic N) is 5. The summed E-state index contributed by atoms with van der Waals surface area (Å²) in [6.07, 6.45) is 6.80. The van der Waals surface area contributed by atoms with Crippen molar-refractivity contribution in [3.63, 3.8) is 0 Å². The summed E-state index contributed by atoms with van der Waals surface area (Å²) in [5.74, 6) is 0. The lowest BCUT2D eigenvalue weighted by atomic mass is 9.94. The van der Waals surface area contributed by atoms with Crippen molar-refractivity contribution in [1.29, 1.82) is 0 Å². The Labute approximate surface area is 157 Å². The molecule has 4 rings (SSSR count). The standard InChI is InChI=1S/C20H21N5S/c1-13-19(26-20(22-13)15-7-5-11-21-12-15)17-10-9-14-6-4-8-16(18(14)23-17)24-25(2)3/h5,7,9-12H,4,6,8H2,1-3H3/b24-16+. The fourth-order valence-corrected chi connectivity index (χ4v) is 4.24. The van der Waals surface area contributed by atoms with Gasteiger partial charge in [0.05, 0.1) is 27.7 Å². The summed E-state index contributed by atoms with van der Waals surface area (Å²) >= 11 is 1.67. The molecule has 0 atom stereocenters. The van der Waals surface area contributed by atoms with Gasteiger partial charge in [0.25, 0.3) is 0 Å². The van der Waals surface area contributed by atoms with Gasteiger partial charge in [-0.25, -0.2) is 9.97 Å². The van der Waals surface area contributed by atoms with E-state index in [1.807, 2.05) is 44.4 Å². The highest BCUT2D eigenvalue weighted by Gasteiger charge is 2.20. The van der Waals surface area contributed by atoms with Crippen LogP contribution in [0.4, 0.5) is 0 Å². The highest BCUT2D eigenvalue weighted by Crippen LogP contribution is 2.35. The Morgan fingerprint density at radius 1 is 1.12 bits per heavy atom. The van der Waals surface area contributed by atoms with Gasteiger partial charge in [0.15, 0.2) is 0 Å². The van der Waals surface area contributed by atoms with E-state index in [2.05, 4.69) is 22.2 Å². The van der Waals surface area contributed by atoms with Crippen LogP contribution in [0.3, 0.4) is 0 Å². The molecule has 1 aliphatic carbocycles.